The van der Waals surface area contributed by atoms with Crippen LogP contribution in [0.3, 0.4) is 0 Å². The molecule has 138 valence electrons. The molecule has 1 aromatic carbocycles. The highest BCUT2D eigenvalue weighted by Gasteiger charge is 2.20. The van der Waals surface area contributed by atoms with Gasteiger partial charge in [0, 0.05) is 12.1 Å². The Morgan fingerprint density at radius 3 is 2.74 bits per heavy atom. The lowest BCUT2D eigenvalue weighted by atomic mass is 9.94. The van der Waals surface area contributed by atoms with Crippen LogP contribution < -0.4 is 5.32 Å². The van der Waals surface area contributed by atoms with Crippen LogP contribution in [-0.2, 0) is 6.54 Å². The third-order valence-electron chi connectivity index (χ3n) is 5.71. The molecule has 4 nitrogen and oxygen atoms in total. The fourth-order valence-electron chi connectivity index (χ4n) is 4.24. The third-order valence-corrected chi connectivity index (χ3v) is 6.62. The molecule has 5 heteroatoms. The van der Waals surface area contributed by atoms with E-state index >= 15 is 0 Å². The van der Waals surface area contributed by atoms with Crippen molar-refractivity contribution in [1.82, 2.24) is 19.9 Å². The van der Waals surface area contributed by atoms with Gasteiger partial charge < -0.3 is 9.88 Å². The smallest absolute Gasteiger partial charge is 0.141 e. The zero-order valence-corrected chi connectivity index (χ0v) is 16.4. The van der Waals surface area contributed by atoms with Gasteiger partial charge in [0.2, 0.25) is 0 Å². The largest absolute Gasteiger partial charge is 0.323 e. The SMILES string of the molecule is Cc1nc2ccsc2c2c1nc(-c1ccccc1)n2CCC1CCNCC1. The van der Waals surface area contributed by atoms with E-state index < -0.39 is 0 Å². The van der Waals surface area contributed by atoms with E-state index in [1.54, 1.807) is 11.3 Å². The lowest BCUT2D eigenvalue weighted by Gasteiger charge is -2.23. The van der Waals surface area contributed by atoms with E-state index in [4.69, 9.17) is 9.97 Å². The lowest BCUT2D eigenvalue weighted by Crippen LogP contribution is -2.28. The molecule has 0 radical (unpaired) electrons. The second kappa shape index (κ2) is 7.06. The summed E-state index contributed by atoms with van der Waals surface area (Å²) in [6.45, 7) is 5.40. The molecule has 0 spiro atoms. The Morgan fingerprint density at radius 1 is 1.11 bits per heavy atom. The molecule has 1 aliphatic heterocycles. The summed E-state index contributed by atoms with van der Waals surface area (Å²) >= 11 is 1.78. The monoisotopic (exact) mass is 376 g/mol. The summed E-state index contributed by atoms with van der Waals surface area (Å²) in [6, 6.07) is 12.7. The fourth-order valence-corrected chi connectivity index (χ4v) is 5.13. The average molecular weight is 377 g/mol. The second-order valence-corrected chi connectivity index (χ2v) is 8.38. The summed E-state index contributed by atoms with van der Waals surface area (Å²) in [5.41, 5.74) is 5.61. The summed E-state index contributed by atoms with van der Waals surface area (Å²) in [7, 11) is 0. The first-order chi connectivity index (χ1) is 13.3. The van der Waals surface area contributed by atoms with Crippen LogP contribution in [0.4, 0.5) is 0 Å². The molecule has 1 aliphatic rings. The molecule has 3 aromatic heterocycles. The molecule has 0 atom stereocenters. The summed E-state index contributed by atoms with van der Waals surface area (Å²) in [4.78, 5) is 9.86. The van der Waals surface area contributed by atoms with E-state index in [9.17, 15) is 0 Å². The minimum atomic E-state index is 0.800. The number of fused-ring (bicyclic) bond motifs is 3. The molecule has 0 aliphatic carbocycles. The summed E-state index contributed by atoms with van der Waals surface area (Å²) in [6.07, 6.45) is 3.77. The zero-order chi connectivity index (χ0) is 18.2. The van der Waals surface area contributed by atoms with Crippen LogP contribution in [0, 0.1) is 12.8 Å². The van der Waals surface area contributed by atoms with E-state index in [1.165, 1.54) is 35.0 Å². The number of aromatic nitrogens is 3. The van der Waals surface area contributed by atoms with Crippen molar-refractivity contribution in [2.75, 3.05) is 13.1 Å². The summed E-state index contributed by atoms with van der Waals surface area (Å²) in [5.74, 6) is 1.87. The molecule has 27 heavy (non-hydrogen) atoms. The Bertz CT molecular complexity index is 1070. The average Bonchev–Trinajstić information content (AvgIpc) is 3.32. The maximum absolute atomic E-state index is 5.07. The van der Waals surface area contributed by atoms with E-state index in [0.717, 1.165) is 48.1 Å². The molecular formula is C22H24N4S. The van der Waals surface area contributed by atoms with Crippen molar-refractivity contribution in [1.29, 1.82) is 0 Å². The van der Waals surface area contributed by atoms with Crippen molar-refractivity contribution in [2.45, 2.75) is 32.7 Å². The van der Waals surface area contributed by atoms with Crippen LogP contribution in [0.15, 0.2) is 41.8 Å². The van der Waals surface area contributed by atoms with Crippen LogP contribution in [0.2, 0.25) is 0 Å². The van der Waals surface area contributed by atoms with Gasteiger partial charge in [0.15, 0.2) is 0 Å². The van der Waals surface area contributed by atoms with E-state index in [-0.39, 0.29) is 0 Å². The van der Waals surface area contributed by atoms with Crippen LogP contribution in [-0.4, -0.2) is 27.6 Å². The molecule has 0 unspecified atom stereocenters. The summed E-state index contributed by atoms with van der Waals surface area (Å²) < 4.78 is 3.72. The van der Waals surface area contributed by atoms with Gasteiger partial charge in [-0.1, -0.05) is 30.3 Å². The molecule has 1 saturated heterocycles. The second-order valence-electron chi connectivity index (χ2n) is 7.46. The number of piperidine rings is 1. The van der Waals surface area contributed by atoms with Gasteiger partial charge >= 0.3 is 0 Å². The fraction of sp³-hybridized carbons (Fsp3) is 0.364. The number of hydrogen-bond donors (Lipinski definition) is 1. The Labute approximate surface area is 163 Å². The molecule has 4 aromatic rings. The van der Waals surface area contributed by atoms with Gasteiger partial charge in [0.25, 0.3) is 0 Å². The molecular weight excluding hydrogens is 352 g/mol. The Morgan fingerprint density at radius 2 is 1.93 bits per heavy atom. The highest BCUT2D eigenvalue weighted by atomic mass is 32.1. The van der Waals surface area contributed by atoms with Crippen molar-refractivity contribution in [3.63, 3.8) is 0 Å². The highest BCUT2D eigenvalue weighted by molar-refractivity contribution is 7.18. The topological polar surface area (TPSA) is 42.7 Å². The van der Waals surface area contributed by atoms with Crippen molar-refractivity contribution in [2.24, 2.45) is 5.92 Å². The van der Waals surface area contributed by atoms with Gasteiger partial charge in [-0.15, -0.1) is 11.3 Å². The first kappa shape index (κ1) is 16.9. The zero-order valence-electron chi connectivity index (χ0n) is 15.6. The van der Waals surface area contributed by atoms with Crippen molar-refractivity contribution >= 4 is 32.6 Å². The van der Waals surface area contributed by atoms with Crippen molar-refractivity contribution in [3.8, 4) is 11.4 Å². The van der Waals surface area contributed by atoms with Gasteiger partial charge in [-0.25, -0.2) is 9.97 Å². The summed E-state index contributed by atoms with van der Waals surface area (Å²) in [5, 5.41) is 5.62. The van der Waals surface area contributed by atoms with Gasteiger partial charge in [-0.3, -0.25) is 0 Å². The number of nitrogens with one attached hydrogen (secondary N) is 1. The van der Waals surface area contributed by atoms with E-state index in [2.05, 4.69) is 58.6 Å². The number of aryl methyl sites for hydroxylation is 2. The van der Waals surface area contributed by atoms with E-state index in [1.807, 2.05) is 0 Å². The highest BCUT2D eigenvalue weighted by Crippen LogP contribution is 2.34. The normalized spacial score (nSPS) is 15.7. The maximum Gasteiger partial charge on any atom is 0.141 e. The molecule has 1 N–H and O–H groups in total. The standard InChI is InChI=1S/C22H24N4S/c1-15-19-20(21-18(24-15)10-14-27-21)26(13-9-16-7-11-23-12-8-16)22(25-19)17-5-3-2-4-6-17/h2-6,10,14,16,23H,7-9,11-13H2,1H3. The minimum absolute atomic E-state index is 0.800. The number of hydrogen-bond acceptors (Lipinski definition) is 4. The van der Waals surface area contributed by atoms with Crippen molar-refractivity contribution in [3.05, 3.63) is 47.5 Å². The van der Waals surface area contributed by atoms with Gasteiger partial charge in [0.1, 0.15) is 11.3 Å². The molecule has 0 amide bonds. The molecule has 1 fully saturated rings. The maximum atomic E-state index is 5.07. The quantitative estimate of drug-likeness (QED) is 0.544. The molecule has 5 rings (SSSR count). The first-order valence-corrected chi connectivity index (χ1v) is 10.7. The van der Waals surface area contributed by atoms with Crippen LogP contribution in [0.1, 0.15) is 25.0 Å². The predicted octanol–water partition coefficient (Wildman–Crippen LogP) is 5.01. The number of thiophene rings is 1. The predicted molar refractivity (Wildman–Crippen MR) is 113 cm³/mol. The number of nitrogens with zero attached hydrogens (tertiary/aromatic N) is 3. The number of benzene rings is 1. The van der Waals surface area contributed by atoms with Crippen molar-refractivity contribution < 1.29 is 0 Å². The number of pyridine rings is 1. The lowest BCUT2D eigenvalue weighted by molar-refractivity contribution is 0.340. The van der Waals surface area contributed by atoms with Crippen LogP contribution in [0.25, 0.3) is 32.6 Å². The van der Waals surface area contributed by atoms with Crippen LogP contribution >= 0.6 is 11.3 Å². The Kier molecular flexibility index (Phi) is 4.42. The number of imidazole rings is 1. The Balaban J connectivity index is 1.66. The molecule has 4 heterocycles. The first-order valence-electron chi connectivity index (χ1n) is 9.81. The van der Waals surface area contributed by atoms with Gasteiger partial charge in [-0.2, -0.15) is 0 Å². The minimum Gasteiger partial charge on any atom is -0.323 e. The van der Waals surface area contributed by atoms with Gasteiger partial charge in [-0.05, 0) is 56.6 Å². The molecule has 0 saturated carbocycles. The Hall–Kier alpha value is -2.24. The third kappa shape index (κ3) is 3.05. The number of rotatable bonds is 4. The molecule has 0 bridgehead atoms. The van der Waals surface area contributed by atoms with E-state index in [0.29, 0.717) is 0 Å². The van der Waals surface area contributed by atoms with Gasteiger partial charge in [0.05, 0.1) is 21.4 Å². The van der Waals surface area contributed by atoms with Crippen LogP contribution in [0.5, 0.6) is 0 Å².